The van der Waals surface area contributed by atoms with Gasteiger partial charge in [-0.3, -0.25) is 4.90 Å². The number of piperidine rings is 2. The van der Waals surface area contributed by atoms with Crippen molar-refractivity contribution in [3.63, 3.8) is 0 Å². The van der Waals surface area contributed by atoms with Crippen LogP contribution in [0.1, 0.15) is 92.2 Å². The van der Waals surface area contributed by atoms with Crippen molar-refractivity contribution in [1.29, 1.82) is 0 Å². The molecular formula is C44H56N2O2. The second-order valence-electron chi connectivity index (χ2n) is 13.8. The first-order valence-electron chi connectivity index (χ1n) is 18.1. The summed E-state index contributed by atoms with van der Waals surface area (Å²) in [6.45, 7) is 0. The van der Waals surface area contributed by atoms with Crippen LogP contribution in [0.5, 0.6) is 0 Å². The summed E-state index contributed by atoms with van der Waals surface area (Å²) in [5, 5.41) is 21.1. The lowest BCUT2D eigenvalue weighted by Crippen LogP contribution is -2.44. The van der Waals surface area contributed by atoms with Gasteiger partial charge in [0.1, 0.15) is 0 Å². The average Bonchev–Trinajstić information content (AvgIpc) is 3.14. The van der Waals surface area contributed by atoms with E-state index in [2.05, 4.69) is 90.6 Å². The highest BCUT2D eigenvalue weighted by Gasteiger charge is 2.30. The van der Waals surface area contributed by atoms with Crippen LogP contribution in [-0.4, -0.2) is 58.3 Å². The fourth-order valence-corrected chi connectivity index (χ4v) is 7.59. The van der Waals surface area contributed by atoms with Crippen molar-refractivity contribution >= 4 is 6.08 Å². The van der Waals surface area contributed by atoms with Gasteiger partial charge >= 0.3 is 0 Å². The molecule has 2 aliphatic heterocycles. The Labute approximate surface area is 289 Å². The van der Waals surface area contributed by atoms with Crippen LogP contribution in [0.2, 0.25) is 0 Å². The highest BCUT2D eigenvalue weighted by molar-refractivity contribution is 5.49. The number of benzene rings is 4. The van der Waals surface area contributed by atoms with Gasteiger partial charge in [-0.05, 0) is 87.7 Å². The molecular weight excluding hydrogens is 588 g/mol. The predicted octanol–water partition coefficient (Wildman–Crippen LogP) is 9.27. The van der Waals surface area contributed by atoms with Gasteiger partial charge < -0.3 is 15.1 Å². The molecule has 2 aliphatic rings. The molecule has 0 amide bonds. The summed E-state index contributed by atoms with van der Waals surface area (Å²) in [6, 6.07) is 43.3. The number of likely N-dealkylation sites (N-methyl/N-ethyl adjacent to an activating group) is 1. The molecule has 4 aromatic carbocycles. The van der Waals surface area contributed by atoms with Gasteiger partial charge in [0.15, 0.2) is 0 Å². The molecule has 0 aromatic heterocycles. The van der Waals surface area contributed by atoms with Gasteiger partial charge in [0, 0.05) is 24.2 Å². The second-order valence-corrected chi connectivity index (χ2v) is 13.8. The molecule has 2 N–H and O–H groups in total. The van der Waals surface area contributed by atoms with E-state index in [9.17, 15) is 10.2 Å². The Kier molecular flexibility index (Phi) is 14.0. The van der Waals surface area contributed by atoms with Crippen LogP contribution >= 0.6 is 0 Å². The summed E-state index contributed by atoms with van der Waals surface area (Å²) in [4.78, 5) is 4.97. The fourth-order valence-electron chi connectivity index (χ4n) is 7.59. The van der Waals surface area contributed by atoms with Gasteiger partial charge in [0.25, 0.3) is 0 Å². The highest BCUT2D eigenvalue weighted by Crippen LogP contribution is 2.31. The van der Waals surface area contributed by atoms with E-state index < -0.39 is 0 Å². The standard InChI is InChI=1S/C22H29NO.C22H27NO/c2*1-23-20(16-15-18-9-4-2-5-10-18)13-8-14-21(23)17-22(24)19-11-6-3-7-12-19/h2-7,9-12,20-22,24H,8,13-17H2,1H3;2-7,9-12,15-16,20-22,24H,8,13-14,17H2,1H3/b;16-15+/t2*20-,21+,22-/m00/s1. The third kappa shape index (κ3) is 10.7. The first-order valence-corrected chi connectivity index (χ1v) is 18.1. The Morgan fingerprint density at radius 1 is 0.583 bits per heavy atom. The Bertz CT molecular complexity index is 1460. The Morgan fingerprint density at radius 3 is 1.60 bits per heavy atom. The first kappa shape index (κ1) is 35.8. The summed E-state index contributed by atoms with van der Waals surface area (Å²) < 4.78 is 0. The van der Waals surface area contributed by atoms with E-state index in [1.165, 1.54) is 49.7 Å². The minimum atomic E-state index is -0.379. The summed E-state index contributed by atoms with van der Waals surface area (Å²) >= 11 is 0. The largest absolute Gasteiger partial charge is 0.388 e. The third-order valence-corrected chi connectivity index (χ3v) is 10.6. The van der Waals surface area contributed by atoms with E-state index in [0.717, 1.165) is 36.8 Å². The zero-order chi connectivity index (χ0) is 33.6. The molecule has 4 aromatic rings. The highest BCUT2D eigenvalue weighted by atomic mass is 16.3. The second kappa shape index (κ2) is 18.9. The zero-order valence-electron chi connectivity index (χ0n) is 29.0. The van der Waals surface area contributed by atoms with E-state index in [1.54, 1.807) is 0 Å². The van der Waals surface area contributed by atoms with Crippen LogP contribution in [0.25, 0.3) is 6.08 Å². The van der Waals surface area contributed by atoms with E-state index in [4.69, 9.17) is 0 Å². The maximum absolute atomic E-state index is 10.6. The molecule has 2 saturated heterocycles. The fraction of sp³-hybridized carbons (Fsp3) is 0.409. The van der Waals surface area contributed by atoms with E-state index in [0.29, 0.717) is 24.2 Å². The van der Waals surface area contributed by atoms with Crippen LogP contribution in [-0.2, 0) is 6.42 Å². The topological polar surface area (TPSA) is 46.9 Å². The van der Waals surface area contributed by atoms with E-state index >= 15 is 0 Å². The van der Waals surface area contributed by atoms with Gasteiger partial charge in [-0.2, -0.15) is 0 Å². The van der Waals surface area contributed by atoms with Gasteiger partial charge in [0.05, 0.1) is 12.2 Å². The monoisotopic (exact) mass is 644 g/mol. The summed E-state index contributed by atoms with van der Waals surface area (Å²) in [7, 11) is 4.44. The summed E-state index contributed by atoms with van der Waals surface area (Å²) in [5.41, 5.74) is 4.74. The van der Waals surface area contributed by atoms with Gasteiger partial charge in [-0.1, -0.05) is 146 Å². The van der Waals surface area contributed by atoms with Crippen molar-refractivity contribution in [2.24, 2.45) is 0 Å². The molecule has 0 spiro atoms. The van der Waals surface area contributed by atoms with Crippen LogP contribution in [0.3, 0.4) is 0 Å². The molecule has 4 heteroatoms. The summed E-state index contributed by atoms with van der Waals surface area (Å²) in [5.74, 6) is 0. The molecule has 0 radical (unpaired) electrons. The zero-order valence-corrected chi connectivity index (χ0v) is 29.0. The van der Waals surface area contributed by atoms with Crippen molar-refractivity contribution < 1.29 is 10.2 Å². The lowest BCUT2D eigenvalue weighted by atomic mass is 9.88. The number of likely N-dealkylation sites (tertiary alicyclic amines) is 2. The quantitative estimate of drug-likeness (QED) is 0.171. The molecule has 254 valence electrons. The maximum atomic E-state index is 10.6. The molecule has 0 bridgehead atoms. The minimum absolute atomic E-state index is 0.355. The molecule has 6 rings (SSSR count). The molecule has 48 heavy (non-hydrogen) atoms. The van der Waals surface area contributed by atoms with Crippen molar-refractivity contribution in [3.05, 3.63) is 150 Å². The number of nitrogens with zero attached hydrogens (tertiary/aromatic N) is 2. The number of hydrogen-bond donors (Lipinski definition) is 2. The van der Waals surface area contributed by atoms with Gasteiger partial charge in [-0.25, -0.2) is 0 Å². The van der Waals surface area contributed by atoms with E-state index in [1.807, 2.05) is 66.7 Å². The average molecular weight is 645 g/mol. The van der Waals surface area contributed by atoms with Crippen LogP contribution in [0.4, 0.5) is 0 Å². The predicted molar refractivity (Wildman–Crippen MR) is 201 cm³/mol. The SMILES string of the molecule is CN1[C@@H](C[C@H](O)c2ccccc2)CCC[C@H]1/C=C/c1ccccc1.CN1[C@H](CCc2ccccc2)CCC[C@@H]1C[C@H](O)c1ccccc1. The smallest absolute Gasteiger partial charge is 0.0805 e. The third-order valence-electron chi connectivity index (χ3n) is 10.6. The van der Waals surface area contributed by atoms with Crippen molar-refractivity contribution in [3.8, 4) is 0 Å². The maximum Gasteiger partial charge on any atom is 0.0805 e. The van der Waals surface area contributed by atoms with Crippen molar-refractivity contribution in [2.45, 2.75) is 101 Å². The lowest BCUT2D eigenvalue weighted by molar-refractivity contribution is 0.0585. The summed E-state index contributed by atoms with van der Waals surface area (Å²) in [6.07, 6.45) is 15.1. The molecule has 6 atom stereocenters. The van der Waals surface area contributed by atoms with Crippen LogP contribution < -0.4 is 0 Å². The first-order chi connectivity index (χ1) is 23.5. The molecule has 0 saturated carbocycles. The minimum Gasteiger partial charge on any atom is -0.388 e. The number of rotatable bonds is 11. The van der Waals surface area contributed by atoms with Crippen LogP contribution in [0.15, 0.2) is 127 Å². The van der Waals surface area contributed by atoms with Crippen molar-refractivity contribution in [1.82, 2.24) is 9.80 Å². The number of aliphatic hydroxyl groups excluding tert-OH is 2. The number of hydrogen-bond acceptors (Lipinski definition) is 4. The molecule has 2 fully saturated rings. The number of aliphatic hydroxyl groups is 2. The van der Waals surface area contributed by atoms with Crippen LogP contribution in [0, 0.1) is 0 Å². The van der Waals surface area contributed by atoms with Gasteiger partial charge in [0.2, 0.25) is 0 Å². The molecule has 4 nitrogen and oxygen atoms in total. The lowest BCUT2D eigenvalue weighted by Gasteiger charge is -2.40. The Balaban J connectivity index is 0.000000188. The molecule has 0 aliphatic carbocycles. The van der Waals surface area contributed by atoms with Crippen molar-refractivity contribution in [2.75, 3.05) is 14.1 Å². The Hall–Kier alpha value is -3.54. The van der Waals surface area contributed by atoms with Gasteiger partial charge in [-0.15, -0.1) is 0 Å². The molecule has 2 heterocycles. The molecule has 0 unspecified atom stereocenters. The van der Waals surface area contributed by atoms with E-state index in [-0.39, 0.29) is 12.2 Å². The Morgan fingerprint density at radius 2 is 1.04 bits per heavy atom. The normalized spacial score (nSPS) is 23.2. The number of aryl methyl sites for hydroxylation is 1.